The van der Waals surface area contributed by atoms with Crippen LogP contribution in [0.25, 0.3) is 0 Å². The molecule has 0 bridgehead atoms. The number of ether oxygens (including phenoxy) is 1. The van der Waals surface area contributed by atoms with Crippen LogP contribution in [-0.2, 0) is 13.0 Å². The van der Waals surface area contributed by atoms with E-state index in [1.165, 1.54) is 7.11 Å². The maximum atomic E-state index is 11.7. The van der Waals surface area contributed by atoms with Crippen molar-refractivity contribution in [3.63, 3.8) is 0 Å². The summed E-state index contributed by atoms with van der Waals surface area (Å²) in [4.78, 5) is 11.7. The zero-order valence-corrected chi connectivity index (χ0v) is 13.8. The van der Waals surface area contributed by atoms with E-state index >= 15 is 0 Å². The smallest absolute Gasteiger partial charge is 0.345 e. The number of rotatable bonds is 10. The normalized spacial score (nSPS) is 13.0. The molecule has 0 aliphatic heterocycles. The molecule has 5 heteroatoms. The molecule has 5 nitrogen and oxygen atoms in total. The maximum absolute atomic E-state index is 11.7. The third kappa shape index (κ3) is 6.84. The van der Waals surface area contributed by atoms with E-state index in [4.69, 9.17) is 14.3 Å². The van der Waals surface area contributed by atoms with Gasteiger partial charge >= 0.3 is 5.63 Å². The van der Waals surface area contributed by atoms with Crippen LogP contribution in [0.1, 0.15) is 43.9 Å². The molecular formula is C18H26O5. The van der Waals surface area contributed by atoms with Crippen molar-refractivity contribution in [3.8, 4) is 5.75 Å². The van der Waals surface area contributed by atoms with E-state index < -0.39 is 18.3 Å². The first-order chi connectivity index (χ1) is 11.1. The van der Waals surface area contributed by atoms with Crippen LogP contribution in [0.5, 0.6) is 5.75 Å². The molecule has 0 aliphatic carbocycles. The molecule has 1 aromatic rings. The van der Waals surface area contributed by atoms with Gasteiger partial charge in [-0.05, 0) is 26.2 Å². The van der Waals surface area contributed by atoms with Gasteiger partial charge in [-0.3, -0.25) is 0 Å². The summed E-state index contributed by atoms with van der Waals surface area (Å²) in [6.07, 6.45) is 11.3. The van der Waals surface area contributed by atoms with Crippen LogP contribution >= 0.6 is 0 Å². The van der Waals surface area contributed by atoms with Crippen molar-refractivity contribution in [2.75, 3.05) is 7.11 Å². The van der Waals surface area contributed by atoms with E-state index in [1.54, 1.807) is 6.07 Å². The highest BCUT2D eigenvalue weighted by molar-refractivity contribution is 5.31. The highest BCUT2D eigenvalue weighted by atomic mass is 16.5. The summed E-state index contributed by atoms with van der Waals surface area (Å²) in [7, 11) is 1.43. The highest BCUT2D eigenvalue weighted by Crippen LogP contribution is 2.18. The first-order valence-corrected chi connectivity index (χ1v) is 7.89. The largest absolute Gasteiger partial charge is 0.496 e. The summed E-state index contributed by atoms with van der Waals surface area (Å²) in [6, 6.07) is 1.55. The molecule has 0 radical (unpaired) electrons. The van der Waals surface area contributed by atoms with Crippen LogP contribution < -0.4 is 10.4 Å². The van der Waals surface area contributed by atoms with Gasteiger partial charge in [0, 0.05) is 12.5 Å². The van der Waals surface area contributed by atoms with Crippen molar-refractivity contribution < 1.29 is 19.4 Å². The lowest BCUT2D eigenvalue weighted by molar-refractivity contribution is 0.152. The third-order valence-corrected chi connectivity index (χ3v) is 3.47. The number of methoxy groups -OCH3 is 1. The number of allylic oxidation sites excluding steroid dienone is 4. The average molecular weight is 322 g/mol. The van der Waals surface area contributed by atoms with Gasteiger partial charge in [-0.2, -0.15) is 0 Å². The fourth-order valence-corrected chi connectivity index (χ4v) is 2.23. The second-order valence-electron chi connectivity index (χ2n) is 5.30. The van der Waals surface area contributed by atoms with Gasteiger partial charge in [0.2, 0.25) is 0 Å². The molecule has 128 valence electrons. The van der Waals surface area contributed by atoms with Gasteiger partial charge in [-0.1, -0.05) is 30.7 Å². The van der Waals surface area contributed by atoms with Gasteiger partial charge in [0.1, 0.15) is 17.1 Å². The molecule has 1 aromatic heterocycles. The standard InChI is InChI=1S/C18H26O5/c1-3-4-5-6-7-8-9-10-14(20)11-15-12-17(22-2)16(13-19)18(21)23-15/h3-6,12,14,19-20H,7-11,13H2,1-2H3/b4-3+,6-5+. The van der Waals surface area contributed by atoms with Crippen LogP contribution in [0, 0.1) is 0 Å². The van der Waals surface area contributed by atoms with Crippen molar-refractivity contribution in [1.29, 1.82) is 0 Å². The van der Waals surface area contributed by atoms with E-state index in [0.29, 0.717) is 17.9 Å². The Morgan fingerprint density at radius 1 is 1.35 bits per heavy atom. The van der Waals surface area contributed by atoms with E-state index in [-0.39, 0.29) is 12.0 Å². The third-order valence-electron chi connectivity index (χ3n) is 3.47. The Labute approximate surface area is 136 Å². The first kappa shape index (κ1) is 19.2. The second-order valence-corrected chi connectivity index (χ2v) is 5.30. The molecule has 0 amide bonds. The van der Waals surface area contributed by atoms with E-state index in [0.717, 1.165) is 19.3 Å². The van der Waals surface area contributed by atoms with Crippen LogP contribution in [-0.4, -0.2) is 23.4 Å². The van der Waals surface area contributed by atoms with Gasteiger partial charge in [0.15, 0.2) is 0 Å². The Morgan fingerprint density at radius 2 is 2.13 bits per heavy atom. The minimum atomic E-state index is -0.622. The van der Waals surface area contributed by atoms with Gasteiger partial charge in [-0.25, -0.2) is 4.79 Å². The van der Waals surface area contributed by atoms with E-state index in [1.807, 2.05) is 25.2 Å². The monoisotopic (exact) mass is 322 g/mol. The summed E-state index contributed by atoms with van der Waals surface area (Å²) in [5.74, 6) is 0.657. The second kappa shape index (κ2) is 10.8. The quantitative estimate of drug-likeness (QED) is 0.511. The van der Waals surface area contributed by atoms with Gasteiger partial charge in [0.25, 0.3) is 0 Å². The minimum absolute atomic E-state index is 0.0960. The number of aliphatic hydroxyl groups is 2. The lowest BCUT2D eigenvalue weighted by Crippen LogP contribution is -2.15. The van der Waals surface area contributed by atoms with Gasteiger partial charge in [0.05, 0.1) is 19.8 Å². The first-order valence-electron chi connectivity index (χ1n) is 7.89. The summed E-state index contributed by atoms with van der Waals surface area (Å²) in [6.45, 7) is 1.54. The Bertz CT molecular complexity index is 571. The summed E-state index contributed by atoms with van der Waals surface area (Å²) in [5.41, 5.74) is -0.526. The molecule has 0 saturated carbocycles. The predicted octanol–water partition coefficient (Wildman–Crippen LogP) is 2.74. The molecule has 2 N–H and O–H groups in total. The summed E-state index contributed by atoms with van der Waals surface area (Å²) in [5, 5.41) is 19.2. The lowest BCUT2D eigenvalue weighted by atomic mass is 10.1. The molecule has 0 saturated heterocycles. The van der Waals surface area contributed by atoms with Gasteiger partial charge < -0.3 is 19.4 Å². The van der Waals surface area contributed by atoms with Crippen LogP contribution in [0.2, 0.25) is 0 Å². The van der Waals surface area contributed by atoms with Gasteiger partial charge in [-0.15, -0.1) is 0 Å². The molecule has 0 aromatic carbocycles. The Kier molecular flexibility index (Phi) is 9.02. The summed E-state index contributed by atoms with van der Waals surface area (Å²) >= 11 is 0. The minimum Gasteiger partial charge on any atom is -0.496 e. The Balaban J connectivity index is 2.47. The molecule has 1 heterocycles. The number of aliphatic hydroxyl groups excluding tert-OH is 2. The molecule has 1 rings (SSSR count). The maximum Gasteiger partial charge on any atom is 0.345 e. The Morgan fingerprint density at radius 3 is 2.78 bits per heavy atom. The van der Waals surface area contributed by atoms with Crippen molar-refractivity contribution in [2.45, 2.75) is 51.7 Å². The zero-order valence-electron chi connectivity index (χ0n) is 13.8. The molecule has 23 heavy (non-hydrogen) atoms. The number of hydrogen-bond acceptors (Lipinski definition) is 5. The molecule has 1 atom stereocenters. The topological polar surface area (TPSA) is 79.9 Å². The van der Waals surface area contributed by atoms with Crippen molar-refractivity contribution in [2.24, 2.45) is 0 Å². The molecule has 0 spiro atoms. The van der Waals surface area contributed by atoms with E-state index in [9.17, 15) is 9.90 Å². The fourth-order valence-electron chi connectivity index (χ4n) is 2.23. The van der Waals surface area contributed by atoms with Crippen molar-refractivity contribution in [3.05, 3.63) is 52.1 Å². The molecular weight excluding hydrogens is 296 g/mol. The van der Waals surface area contributed by atoms with Crippen molar-refractivity contribution >= 4 is 0 Å². The van der Waals surface area contributed by atoms with Crippen LogP contribution in [0.15, 0.2) is 39.6 Å². The van der Waals surface area contributed by atoms with Crippen molar-refractivity contribution in [1.82, 2.24) is 0 Å². The predicted molar refractivity (Wildman–Crippen MR) is 89.6 cm³/mol. The Hall–Kier alpha value is -1.85. The van der Waals surface area contributed by atoms with Crippen LogP contribution in [0.4, 0.5) is 0 Å². The molecule has 0 fully saturated rings. The highest BCUT2D eigenvalue weighted by Gasteiger charge is 2.14. The molecule has 0 aliphatic rings. The molecule has 1 unspecified atom stereocenters. The van der Waals surface area contributed by atoms with Crippen LogP contribution in [0.3, 0.4) is 0 Å². The average Bonchev–Trinajstić information content (AvgIpc) is 2.53. The summed E-state index contributed by atoms with van der Waals surface area (Å²) < 4.78 is 10.2. The SMILES string of the molecule is C/C=C/C=C/CCCCC(O)Cc1cc(OC)c(CO)c(=O)o1. The van der Waals surface area contributed by atoms with E-state index in [2.05, 4.69) is 6.08 Å². The lowest BCUT2D eigenvalue weighted by Gasteiger charge is -2.11. The zero-order chi connectivity index (χ0) is 17.1. The number of hydrogen-bond donors (Lipinski definition) is 2. The number of unbranched alkanes of at least 4 members (excludes halogenated alkanes) is 2. The fraction of sp³-hybridized carbons (Fsp3) is 0.500.